The molecule has 0 heterocycles. The van der Waals surface area contributed by atoms with Crippen LogP contribution >= 0.6 is 0 Å². The molecule has 0 atom stereocenters. The highest BCUT2D eigenvalue weighted by Crippen LogP contribution is 2.19. The van der Waals surface area contributed by atoms with Crippen LogP contribution in [0.2, 0.25) is 0 Å². The van der Waals surface area contributed by atoms with Gasteiger partial charge in [-0.2, -0.15) is 0 Å². The van der Waals surface area contributed by atoms with E-state index in [9.17, 15) is 4.79 Å². The quantitative estimate of drug-likeness (QED) is 0.655. The van der Waals surface area contributed by atoms with Crippen molar-refractivity contribution < 1.29 is 9.90 Å². The monoisotopic (exact) mass is 284 g/mol. The van der Waals surface area contributed by atoms with E-state index in [1.807, 2.05) is 12.1 Å². The van der Waals surface area contributed by atoms with Crippen molar-refractivity contribution in [3.05, 3.63) is 47.5 Å². The molecule has 2 nitrogen and oxygen atoms in total. The number of hydrogen-bond acceptors (Lipinski definition) is 1. The Kier molecular flexibility index (Phi) is 5.79. The molecule has 0 fully saturated rings. The molecule has 2 aromatic rings. The summed E-state index contributed by atoms with van der Waals surface area (Å²) < 4.78 is 0. The summed E-state index contributed by atoms with van der Waals surface area (Å²) in [4.78, 5) is 11.0. The molecule has 1 N–H and O–H groups in total. The lowest BCUT2D eigenvalue weighted by Gasteiger charge is -2.05. The number of rotatable bonds is 8. The molecule has 2 aromatic carbocycles. The van der Waals surface area contributed by atoms with Gasteiger partial charge >= 0.3 is 5.97 Å². The standard InChI is InChI=1S/C19H24O2/c1-2-3-4-5-6-7-8-15-9-10-17-14-18(19(20)21)12-11-16(17)13-15/h9-14H,2-8H2,1H3,(H,20,21). The Morgan fingerprint density at radius 2 is 1.57 bits per heavy atom. The molecule has 0 aliphatic rings. The largest absolute Gasteiger partial charge is 0.478 e. The molecular weight excluding hydrogens is 260 g/mol. The van der Waals surface area contributed by atoms with Crippen LogP contribution in [0.5, 0.6) is 0 Å². The zero-order valence-corrected chi connectivity index (χ0v) is 12.8. The zero-order valence-electron chi connectivity index (χ0n) is 12.8. The van der Waals surface area contributed by atoms with Crippen LogP contribution in [0.3, 0.4) is 0 Å². The minimum absolute atomic E-state index is 0.353. The van der Waals surface area contributed by atoms with Crippen LogP contribution in [-0.2, 0) is 6.42 Å². The topological polar surface area (TPSA) is 37.3 Å². The third-order valence-electron chi connectivity index (χ3n) is 3.97. The number of unbranched alkanes of at least 4 members (excludes halogenated alkanes) is 5. The summed E-state index contributed by atoms with van der Waals surface area (Å²) in [6, 6.07) is 11.7. The molecule has 0 aromatic heterocycles. The molecule has 112 valence electrons. The molecule has 0 spiro atoms. The third-order valence-corrected chi connectivity index (χ3v) is 3.97. The average Bonchev–Trinajstić information content (AvgIpc) is 2.50. The van der Waals surface area contributed by atoms with Gasteiger partial charge in [-0.1, -0.05) is 63.3 Å². The Bertz CT molecular complexity index is 602. The molecule has 0 aliphatic carbocycles. The van der Waals surface area contributed by atoms with Crippen molar-refractivity contribution in [2.75, 3.05) is 0 Å². The molecule has 0 saturated carbocycles. The lowest BCUT2D eigenvalue weighted by Crippen LogP contribution is -1.95. The molecule has 21 heavy (non-hydrogen) atoms. The van der Waals surface area contributed by atoms with Crippen LogP contribution in [0.4, 0.5) is 0 Å². The van der Waals surface area contributed by atoms with E-state index >= 15 is 0 Å². The highest BCUT2D eigenvalue weighted by Gasteiger charge is 2.04. The number of carbonyl (C=O) groups is 1. The van der Waals surface area contributed by atoms with E-state index in [2.05, 4.69) is 19.1 Å². The molecule has 0 bridgehead atoms. The normalized spacial score (nSPS) is 10.9. The van der Waals surface area contributed by atoms with E-state index in [0.717, 1.165) is 17.2 Å². The first-order valence-electron chi connectivity index (χ1n) is 7.96. The van der Waals surface area contributed by atoms with Gasteiger partial charge in [0.2, 0.25) is 0 Å². The van der Waals surface area contributed by atoms with Crippen molar-refractivity contribution in [3.8, 4) is 0 Å². The van der Waals surface area contributed by atoms with E-state index in [-0.39, 0.29) is 0 Å². The van der Waals surface area contributed by atoms with Gasteiger partial charge in [0.05, 0.1) is 5.56 Å². The second kappa shape index (κ2) is 7.82. The maximum absolute atomic E-state index is 11.0. The smallest absolute Gasteiger partial charge is 0.335 e. The number of carboxylic acids is 1. The number of fused-ring (bicyclic) bond motifs is 1. The third kappa shape index (κ3) is 4.59. The van der Waals surface area contributed by atoms with Gasteiger partial charge in [-0.05, 0) is 41.3 Å². The van der Waals surface area contributed by atoms with Crippen molar-refractivity contribution in [2.45, 2.75) is 51.9 Å². The Labute approximate surface area is 126 Å². The summed E-state index contributed by atoms with van der Waals surface area (Å²) in [6.45, 7) is 2.24. The van der Waals surface area contributed by atoms with E-state index < -0.39 is 5.97 Å². The summed E-state index contributed by atoms with van der Waals surface area (Å²) in [5.74, 6) is -0.868. The predicted octanol–water partition coefficient (Wildman–Crippen LogP) is 5.44. The summed E-state index contributed by atoms with van der Waals surface area (Å²) in [5, 5.41) is 11.1. The van der Waals surface area contributed by atoms with Crippen molar-refractivity contribution in [1.29, 1.82) is 0 Å². The van der Waals surface area contributed by atoms with E-state index in [0.29, 0.717) is 5.56 Å². The summed E-state index contributed by atoms with van der Waals surface area (Å²) in [7, 11) is 0. The van der Waals surface area contributed by atoms with Crippen LogP contribution in [0.1, 0.15) is 61.4 Å². The number of aryl methyl sites for hydroxylation is 1. The van der Waals surface area contributed by atoms with Gasteiger partial charge in [0, 0.05) is 0 Å². The van der Waals surface area contributed by atoms with Gasteiger partial charge in [-0.3, -0.25) is 0 Å². The molecule has 0 unspecified atom stereocenters. The summed E-state index contributed by atoms with van der Waals surface area (Å²) >= 11 is 0. The predicted molar refractivity (Wildman–Crippen MR) is 88.0 cm³/mol. The van der Waals surface area contributed by atoms with Gasteiger partial charge < -0.3 is 5.11 Å². The number of aromatic carboxylic acids is 1. The van der Waals surface area contributed by atoms with E-state index in [1.54, 1.807) is 12.1 Å². The molecule has 0 radical (unpaired) electrons. The molecule has 0 saturated heterocycles. The second-order valence-corrected chi connectivity index (χ2v) is 5.72. The number of benzene rings is 2. The molecule has 2 heteroatoms. The SMILES string of the molecule is CCCCCCCCc1ccc2cc(C(=O)O)ccc2c1. The molecular formula is C19H24O2. The van der Waals surface area contributed by atoms with E-state index in [4.69, 9.17) is 5.11 Å². The zero-order chi connectivity index (χ0) is 15.1. The van der Waals surface area contributed by atoms with Crippen molar-refractivity contribution in [3.63, 3.8) is 0 Å². The Morgan fingerprint density at radius 3 is 2.33 bits per heavy atom. The highest BCUT2D eigenvalue weighted by molar-refractivity contribution is 5.94. The van der Waals surface area contributed by atoms with Gasteiger partial charge in [-0.25, -0.2) is 4.79 Å². The summed E-state index contributed by atoms with van der Waals surface area (Å²) in [5.41, 5.74) is 1.70. The highest BCUT2D eigenvalue weighted by atomic mass is 16.4. The summed E-state index contributed by atoms with van der Waals surface area (Å²) in [6.07, 6.45) is 8.99. The minimum atomic E-state index is -0.868. The first-order valence-corrected chi connectivity index (χ1v) is 7.96. The lowest BCUT2D eigenvalue weighted by molar-refractivity contribution is 0.0697. The Morgan fingerprint density at radius 1 is 0.905 bits per heavy atom. The molecule has 2 rings (SSSR count). The lowest BCUT2D eigenvalue weighted by atomic mass is 10.0. The van der Waals surface area contributed by atoms with Crippen LogP contribution in [-0.4, -0.2) is 11.1 Å². The van der Waals surface area contributed by atoms with E-state index in [1.165, 1.54) is 44.1 Å². The fraction of sp³-hybridized carbons (Fsp3) is 0.421. The van der Waals surface area contributed by atoms with Crippen molar-refractivity contribution >= 4 is 16.7 Å². The maximum atomic E-state index is 11.0. The molecule has 0 aliphatic heterocycles. The van der Waals surface area contributed by atoms with Gasteiger partial charge in [0.25, 0.3) is 0 Å². The van der Waals surface area contributed by atoms with Crippen LogP contribution in [0.15, 0.2) is 36.4 Å². The number of hydrogen-bond donors (Lipinski definition) is 1. The molecule has 0 amide bonds. The van der Waals surface area contributed by atoms with Crippen LogP contribution < -0.4 is 0 Å². The van der Waals surface area contributed by atoms with Crippen molar-refractivity contribution in [1.82, 2.24) is 0 Å². The fourth-order valence-corrected chi connectivity index (χ4v) is 2.69. The maximum Gasteiger partial charge on any atom is 0.335 e. The second-order valence-electron chi connectivity index (χ2n) is 5.72. The fourth-order valence-electron chi connectivity index (χ4n) is 2.69. The number of carboxylic acid groups (broad SMARTS) is 1. The minimum Gasteiger partial charge on any atom is -0.478 e. The van der Waals surface area contributed by atoms with Crippen molar-refractivity contribution in [2.24, 2.45) is 0 Å². The Balaban J connectivity index is 1.93. The first-order chi connectivity index (χ1) is 10.2. The van der Waals surface area contributed by atoms with Gasteiger partial charge in [0.15, 0.2) is 0 Å². The first kappa shape index (κ1) is 15.6. The Hall–Kier alpha value is -1.83. The van der Waals surface area contributed by atoms with Crippen LogP contribution in [0.25, 0.3) is 10.8 Å². The van der Waals surface area contributed by atoms with Gasteiger partial charge in [-0.15, -0.1) is 0 Å². The van der Waals surface area contributed by atoms with Gasteiger partial charge in [0.1, 0.15) is 0 Å². The van der Waals surface area contributed by atoms with Crippen LogP contribution in [0, 0.1) is 0 Å². The average molecular weight is 284 g/mol.